The zero-order valence-electron chi connectivity index (χ0n) is 13.8. The van der Waals surface area contributed by atoms with Gasteiger partial charge in [0.1, 0.15) is 5.75 Å². The fourth-order valence-electron chi connectivity index (χ4n) is 3.52. The number of ether oxygens (including phenoxy) is 1. The van der Waals surface area contributed by atoms with Crippen LogP contribution < -0.4 is 4.74 Å². The van der Waals surface area contributed by atoms with E-state index >= 15 is 0 Å². The van der Waals surface area contributed by atoms with Crippen LogP contribution in [0.15, 0.2) is 12.1 Å². The van der Waals surface area contributed by atoms with E-state index in [4.69, 9.17) is 16.3 Å². The van der Waals surface area contributed by atoms with E-state index in [-0.39, 0.29) is 0 Å². The summed E-state index contributed by atoms with van der Waals surface area (Å²) in [6.07, 6.45) is 2.42. The van der Waals surface area contributed by atoms with E-state index in [2.05, 4.69) is 38.7 Å². The molecule has 0 saturated carbocycles. The van der Waals surface area contributed by atoms with Gasteiger partial charge < -0.3 is 9.64 Å². The molecule has 21 heavy (non-hydrogen) atoms. The number of aryl methyl sites for hydroxylation is 2. The van der Waals surface area contributed by atoms with Crippen molar-refractivity contribution in [1.82, 2.24) is 4.90 Å². The van der Waals surface area contributed by atoms with Crippen LogP contribution in [0.5, 0.6) is 5.75 Å². The normalized spacial score (nSPS) is 23.3. The van der Waals surface area contributed by atoms with Crippen molar-refractivity contribution < 1.29 is 4.74 Å². The zero-order chi connectivity index (χ0) is 15.4. The predicted molar refractivity (Wildman–Crippen MR) is 90.4 cm³/mol. The Bertz CT molecular complexity index is 441. The molecular formula is C18H28ClNO. The van der Waals surface area contributed by atoms with Crippen LogP contribution in [-0.4, -0.2) is 31.1 Å². The SMILES string of the molecule is Cc1cc(C)c(OCCCN2C[C@H](C)C[C@H](C)C2)c(Cl)c1. The molecule has 0 amide bonds. The van der Waals surface area contributed by atoms with Crippen LogP contribution in [0.2, 0.25) is 5.02 Å². The van der Waals surface area contributed by atoms with Crippen molar-refractivity contribution in [1.29, 1.82) is 0 Å². The van der Waals surface area contributed by atoms with Crippen LogP contribution in [0, 0.1) is 25.7 Å². The van der Waals surface area contributed by atoms with E-state index in [1.165, 1.54) is 25.1 Å². The van der Waals surface area contributed by atoms with Gasteiger partial charge in [-0.3, -0.25) is 0 Å². The lowest BCUT2D eigenvalue weighted by Gasteiger charge is -2.34. The van der Waals surface area contributed by atoms with Crippen molar-refractivity contribution in [2.75, 3.05) is 26.2 Å². The molecule has 2 atom stereocenters. The average molecular weight is 310 g/mol. The van der Waals surface area contributed by atoms with E-state index in [1.54, 1.807) is 0 Å². The first kappa shape index (κ1) is 16.6. The van der Waals surface area contributed by atoms with Gasteiger partial charge in [0.05, 0.1) is 11.6 Å². The second-order valence-corrected chi connectivity index (χ2v) is 7.21. The van der Waals surface area contributed by atoms with Crippen LogP contribution in [0.25, 0.3) is 0 Å². The van der Waals surface area contributed by atoms with Crippen LogP contribution in [0.3, 0.4) is 0 Å². The molecule has 1 aromatic rings. The molecule has 0 N–H and O–H groups in total. The highest BCUT2D eigenvalue weighted by atomic mass is 35.5. The van der Waals surface area contributed by atoms with Gasteiger partial charge >= 0.3 is 0 Å². The van der Waals surface area contributed by atoms with Gasteiger partial charge in [0.25, 0.3) is 0 Å². The number of rotatable bonds is 5. The lowest BCUT2D eigenvalue weighted by Crippen LogP contribution is -2.39. The predicted octanol–water partition coefficient (Wildman–Crippen LogP) is 4.70. The van der Waals surface area contributed by atoms with Crippen molar-refractivity contribution in [2.45, 2.75) is 40.5 Å². The van der Waals surface area contributed by atoms with Crippen LogP contribution >= 0.6 is 11.6 Å². The quantitative estimate of drug-likeness (QED) is 0.731. The summed E-state index contributed by atoms with van der Waals surface area (Å²) in [6, 6.07) is 4.09. The largest absolute Gasteiger partial charge is 0.492 e. The fourth-order valence-corrected chi connectivity index (χ4v) is 3.90. The number of piperidine rings is 1. The molecule has 1 heterocycles. The van der Waals surface area contributed by atoms with Crippen molar-refractivity contribution in [3.05, 3.63) is 28.3 Å². The van der Waals surface area contributed by atoms with Gasteiger partial charge in [0.2, 0.25) is 0 Å². The smallest absolute Gasteiger partial charge is 0.140 e. The van der Waals surface area contributed by atoms with Gasteiger partial charge in [-0.05, 0) is 55.7 Å². The summed E-state index contributed by atoms with van der Waals surface area (Å²) in [6.45, 7) is 13.1. The summed E-state index contributed by atoms with van der Waals surface area (Å²) in [7, 11) is 0. The maximum atomic E-state index is 6.27. The third-order valence-electron chi connectivity index (χ3n) is 4.18. The lowest BCUT2D eigenvalue weighted by atomic mass is 9.92. The number of halogens is 1. The highest BCUT2D eigenvalue weighted by Crippen LogP contribution is 2.30. The molecule has 0 aromatic heterocycles. The summed E-state index contributed by atoms with van der Waals surface area (Å²) >= 11 is 6.27. The van der Waals surface area contributed by atoms with Crippen molar-refractivity contribution in [2.24, 2.45) is 11.8 Å². The molecule has 2 rings (SSSR count). The number of hydrogen-bond donors (Lipinski definition) is 0. The number of benzene rings is 1. The third kappa shape index (κ3) is 4.89. The zero-order valence-corrected chi connectivity index (χ0v) is 14.5. The highest BCUT2D eigenvalue weighted by Gasteiger charge is 2.21. The fraction of sp³-hybridized carbons (Fsp3) is 0.667. The third-order valence-corrected chi connectivity index (χ3v) is 4.46. The minimum absolute atomic E-state index is 0.729. The van der Waals surface area contributed by atoms with Crippen molar-refractivity contribution in [3.8, 4) is 5.75 Å². The first-order valence-electron chi connectivity index (χ1n) is 8.07. The molecule has 0 aliphatic carbocycles. The monoisotopic (exact) mass is 309 g/mol. The van der Waals surface area contributed by atoms with E-state index in [9.17, 15) is 0 Å². The highest BCUT2D eigenvalue weighted by molar-refractivity contribution is 6.32. The Morgan fingerprint density at radius 3 is 2.48 bits per heavy atom. The summed E-state index contributed by atoms with van der Waals surface area (Å²) < 4.78 is 5.91. The molecule has 1 aromatic carbocycles. The molecule has 0 radical (unpaired) electrons. The summed E-state index contributed by atoms with van der Waals surface area (Å²) in [5.74, 6) is 2.49. The Balaban J connectivity index is 1.77. The van der Waals surface area contributed by atoms with Gasteiger partial charge in [-0.2, -0.15) is 0 Å². The molecule has 1 fully saturated rings. The first-order chi connectivity index (χ1) is 9.95. The maximum Gasteiger partial charge on any atom is 0.140 e. The number of nitrogens with zero attached hydrogens (tertiary/aromatic N) is 1. The van der Waals surface area contributed by atoms with Crippen LogP contribution in [-0.2, 0) is 0 Å². The second-order valence-electron chi connectivity index (χ2n) is 6.80. The minimum atomic E-state index is 0.729. The van der Waals surface area contributed by atoms with E-state index in [0.29, 0.717) is 0 Å². The van der Waals surface area contributed by atoms with E-state index in [1.807, 2.05) is 6.07 Å². The molecule has 0 spiro atoms. The molecule has 118 valence electrons. The van der Waals surface area contributed by atoms with Gasteiger partial charge in [-0.25, -0.2) is 0 Å². The standard InChI is InChI=1S/C18H28ClNO/c1-13-9-16(4)18(17(19)10-13)21-7-5-6-20-11-14(2)8-15(3)12-20/h9-10,14-15H,5-8,11-12H2,1-4H3/t14-,15+. The van der Waals surface area contributed by atoms with Crippen LogP contribution in [0.1, 0.15) is 37.8 Å². The van der Waals surface area contributed by atoms with E-state index < -0.39 is 0 Å². The Kier molecular flexibility index (Phi) is 5.95. The van der Waals surface area contributed by atoms with Crippen molar-refractivity contribution in [3.63, 3.8) is 0 Å². The molecular weight excluding hydrogens is 282 g/mol. The number of likely N-dealkylation sites (tertiary alicyclic amines) is 1. The lowest BCUT2D eigenvalue weighted by molar-refractivity contribution is 0.132. The Morgan fingerprint density at radius 1 is 1.19 bits per heavy atom. The van der Waals surface area contributed by atoms with Gasteiger partial charge in [-0.15, -0.1) is 0 Å². The molecule has 1 aliphatic heterocycles. The van der Waals surface area contributed by atoms with Gasteiger partial charge in [0, 0.05) is 19.6 Å². The topological polar surface area (TPSA) is 12.5 Å². The summed E-state index contributed by atoms with van der Waals surface area (Å²) in [4.78, 5) is 2.58. The van der Waals surface area contributed by atoms with E-state index in [0.717, 1.165) is 47.7 Å². The first-order valence-corrected chi connectivity index (χ1v) is 8.45. The Labute approximate surface area is 134 Å². The maximum absolute atomic E-state index is 6.27. The molecule has 0 unspecified atom stereocenters. The summed E-state index contributed by atoms with van der Waals surface area (Å²) in [5, 5.41) is 0.729. The molecule has 0 bridgehead atoms. The van der Waals surface area contributed by atoms with Crippen molar-refractivity contribution >= 4 is 11.6 Å². The average Bonchev–Trinajstić information content (AvgIpc) is 2.35. The second kappa shape index (κ2) is 7.51. The summed E-state index contributed by atoms with van der Waals surface area (Å²) in [5.41, 5.74) is 2.31. The molecule has 2 nitrogen and oxygen atoms in total. The molecule has 1 saturated heterocycles. The molecule has 1 aliphatic rings. The Morgan fingerprint density at radius 2 is 1.86 bits per heavy atom. The molecule has 3 heteroatoms. The van der Waals surface area contributed by atoms with Gasteiger partial charge in [0.15, 0.2) is 0 Å². The number of hydrogen-bond acceptors (Lipinski definition) is 2. The minimum Gasteiger partial charge on any atom is -0.492 e. The van der Waals surface area contributed by atoms with Gasteiger partial charge in [-0.1, -0.05) is 31.5 Å². The Hall–Kier alpha value is -0.730. The van der Waals surface area contributed by atoms with Crippen LogP contribution in [0.4, 0.5) is 0 Å².